The highest BCUT2D eigenvalue weighted by molar-refractivity contribution is 7.15. The highest BCUT2D eigenvalue weighted by Gasteiger charge is 2.38. The van der Waals surface area contributed by atoms with E-state index in [-0.39, 0.29) is 24.2 Å². The van der Waals surface area contributed by atoms with Crippen molar-refractivity contribution in [3.8, 4) is 0 Å². The van der Waals surface area contributed by atoms with Crippen LogP contribution >= 0.6 is 11.3 Å². The van der Waals surface area contributed by atoms with Crippen molar-refractivity contribution in [3.05, 3.63) is 40.9 Å². The Morgan fingerprint density at radius 2 is 2.04 bits per heavy atom. The lowest BCUT2D eigenvalue weighted by Gasteiger charge is -2.23. The summed E-state index contributed by atoms with van der Waals surface area (Å²) in [7, 11) is 0. The molecule has 2 aromatic rings. The van der Waals surface area contributed by atoms with Gasteiger partial charge in [0.2, 0.25) is 16.9 Å². The molecule has 3 heterocycles. The van der Waals surface area contributed by atoms with Crippen molar-refractivity contribution >= 4 is 28.3 Å². The molecule has 0 aliphatic carbocycles. The van der Waals surface area contributed by atoms with E-state index in [1.165, 1.54) is 11.3 Å². The topological polar surface area (TPSA) is 78.4 Å². The first-order chi connectivity index (χ1) is 13.2. The summed E-state index contributed by atoms with van der Waals surface area (Å²) in [6.07, 6.45) is 1.91. The summed E-state index contributed by atoms with van der Waals surface area (Å²) < 4.78 is 0. The van der Waals surface area contributed by atoms with E-state index < -0.39 is 0 Å². The molecule has 2 aliphatic rings. The molecule has 27 heavy (non-hydrogen) atoms. The molecule has 0 bridgehead atoms. The fourth-order valence-corrected chi connectivity index (χ4v) is 4.48. The predicted octanol–water partition coefficient (Wildman–Crippen LogP) is 1.30. The maximum absolute atomic E-state index is 12.8. The summed E-state index contributed by atoms with van der Waals surface area (Å²) in [6, 6.07) is 10.1. The number of benzene rings is 1. The Bertz CT molecular complexity index is 801. The van der Waals surface area contributed by atoms with Crippen LogP contribution in [0.4, 0.5) is 5.13 Å². The second-order valence-electron chi connectivity index (χ2n) is 6.97. The molecule has 8 heteroatoms. The average molecular weight is 385 g/mol. The molecule has 0 spiro atoms. The molecule has 1 aromatic heterocycles. The number of anilines is 1. The smallest absolute Gasteiger partial charge is 0.229 e. The Labute approximate surface area is 162 Å². The Morgan fingerprint density at radius 3 is 2.89 bits per heavy atom. The molecular weight excluding hydrogens is 362 g/mol. The maximum Gasteiger partial charge on any atom is 0.229 e. The second-order valence-corrected chi connectivity index (χ2v) is 8.02. The van der Waals surface area contributed by atoms with Crippen LogP contribution in [0.2, 0.25) is 0 Å². The van der Waals surface area contributed by atoms with Crippen molar-refractivity contribution in [1.29, 1.82) is 0 Å². The molecule has 0 radical (unpaired) electrons. The number of nitrogens with zero attached hydrogens (tertiary/aromatic N) is 4. The predicted molar refractivity (Wildman–Crippen MR) is 104 cm³/mol. The highest BCUT2D eigenvalue weighted by Crippen LogP contribution is 2.29. The molecular formula is C19H23N5O2S. The van der Waals surface area contributed by atoms with Gasteiger partial charge in [-0.25, -0.2) is 0 Å². The van der Waals surface area contributed by atoms with E-state index in [9.17, 15) is 9.59 Å². The Morgan fingerprint density at radius 1 is 1.19 bits per heavy atom. The van der Waals surface area contributed by atoms with Gasteiger partial charge in [-0.2, -0.15) is 0 Å². The van der Waals surface area contributed by atoms with Gasteiger partial charge in [0.15, 0.2) is 0 Å². The lowest BCUT2D eigenvalue weighted by atomic mass is 10.1. The number of hydrogen-bond acceptors (Lipinski definition) is 6. The van der Waals surface area contributed by atoms with Crippen LogP contribution < -0.4 is 10.2 Å². The van der Waals surface area contributed by atoms with Crippen LogP contribution in [-0.4, -0.2) is 59.6 Å². The number of carbonyl (C=O) groups excluding carboxylic acids is 2. The Balaban J connectivity index is 1.41. The van der Waals surface area contributed by atoms with E-state index in [4.69, 9.17) is 0 Å². The molecule has 7 nitrogen and oxygen atoms in total. The molecule has 2 saturated heterocycles. The van der Waals surface area contributed by atoms with E-state index in [0.29, 0.717) is 24.6 Å². The fourth-order valence-electron chi connectivity index (χ4n) is 3.58. The first-order valence-corrected chi connectivity index (χ1v) is 10.2. The van der Waals surface area contributed by atoms with Crippen molar-refractivity contribution in [2.45, 2.75) is 19.3 Å². The summed E-state index contributed by atoms with van der Waals surface area (Å²) in [5, 5.41) is 13.2. The van der Waals surface area contributed by atoms with E-state index >= 15 is 0 Å². The quantitative estimate of drug-likeness (QED) is 0.858. The molecule has 1 unspecified atom stereocenters. The van der Waals surface area contributed by atoms with Crippen LogP contribution in [0, 0.1) is 5.92 Å². The van der Waals surface area contributed by atoms with Crippen molar-refractivity contribution in [2.75, 3.05) is 37.6 Å². The van der Waals surface area contributed by atoms with Gasteiger partial charge in [-0.05, 0) is 18.5 Å². The van der Waals surface area contributed by atoms with Gasteiger partial charge in [0.05, 0.1) is 5.92 Å². The summed E-state index contributed by atoms with van der Waals surface area (Å²) in [6.45, 7) is 3.63. The summed E-state index contributed by atoms with van der Waals surface area (Å²) in [4.78, 5) is 28.8. The zero-order chi connectivity index (χ0) is 18.6. The number of hydrogen-bond donors (Lipinski definition) is 1. The van der Waals surface area contributed by atoms with Crippen LogP contribution in [0.1, 0.15) is 23.4 Å². The van der Waals surface area contributed by atoms with Crippen LogP contribution in [0.15, 0.2) is 30.3 Å². The van der Waals surface area contributed by atoms with E-state index in [1.54, 1.807) is 4.90 Å². The zero-order valence-corrected chi connectivity index (χ0v) is 16.0. The third-order valence-electron chi connectivity index (χ3n) is 5.01. The second kappa shape index (κ2) is 8.14. The summed E-state index contributed by atoms with van der Waals surface area (Å²) in [5.41, 5.74) is 1.16. The van der Waals surface area contributed by atoms with Gasteiger partial charge in [0, 0.05) is 39.0 Å². The van der Waals surface area contributed by atoms with Gasteiger partial charge in [-0.15, -0.1) is 10.2 Å². The minimum atomic E-state index is -0.280. The van der Waals surface area contributed by atoms with Gasteiger partial charge in [-0.1, -0.05) is 41.7 Å². The van der Waals surface area contributed by atoms with Gasteiger partial charge in [0.25, 0.3) is 0 Å². The normalized spacial score (nSPS) is 20.7. The van der Waals surface area contributed by atoms with Crippen molar-refractivity contribution in [2.24, 2.45) is 5.92 Å². The van der Waals surface area contributed by atoms with E-state index in [0.717, 1.165) is 36.6 Å². The minimum absolute atomic E-state index is 0.0382. The fraction of sp³-hybridized carbons (Fsp3) is 0.474. The first-order valence-electron chi connectivity index (χ1n) is 9.37. The van der Waals surface area contributed by atoms with Crippen molar-refractivity contribution in [1.82, 2.24) is 20.4 Å². The lowest BCUT2D eigenvalue weighted by Crippen LogP contribution is -2.39. The zero-order valence-electron chi connectivity index (χ0n) is 15.1. The molecule has 1 atom stereocenters. The van der Waals surface area contributed by atoms with Gasteiger partial charge < -0.3 is 10.2 Å². The number of carbonyl (C=O) groups is 2. The number of aromatic nitrogens is 2. The van der Waals surface area contributed by atoms with Crippen molar-refractivity contribution < 1.29 is 9.59 Å². The molecule has 2 aliphatic heterocycles. The van der Waals surface area contributed by atoms with Crippen LogP contribution in [0.3, 0.4) is 0 Å². The molecule has 142 valence electrons. The molecule has 2 amide bonds. The summed E-state index contributed by atoms with van der Waals surface area (Å²) in [5.74, 6) is -0.232. The number of nitrogens with one attached hydrogen (secondary N) is 1. The molecule has 0 saturated carbocycles. The lowest BCUT2D eigenvalue weighted by molar-refractivity contribution is -0.135. The van der Waals surface area contributed by atoms with Crippen LogP contribution in [0.25, 0.3) is 0 Å². The van der Waals surface area contributed by atoms with Gasteiger partial charge in [0.1, 0.15) is 5.01 Å². The molecule has 2 fully saturated rings. The maximum atomic E-state index is 12.8. The minimum Gasteiger partial charge on any atom is -0.341 e. The monoisotopic (exact) mass is 385 g/mol. The standard InChI is InChI=1S/C19H23N5O2S/c25-17-12-15(18(26)23-9-4-7-20-8-10-23)13-24(17)19-22-21-16(27-19)11-14-5-2-1-3-6-14/h1-3,5-6,15,20H,4,7-13H2. The number of amides is 2. The first kappa shape index (κ1) is 18.1. The third-order valence-corrected chi connectivity index (χ3v) is 5.96. The van der Waals surface area contributed by atoms with Gasteiger partial charge in [-0.3, -0.25) is 14.5 Å². The molecule has 1 N–H and O–H groups in total. The van der Waals surface area contributed by atoms with Crippen molar-refractivity contribution in [3.63, 3.8) is 0 Å². The van der Waals surface area contributed by atoms with Gasteiger partial charge >= 0.3 is 0 Å². The van der Waals surface area contributed by atoms with Crippen LogP contribution in [0.5, 0.6) is 0 Å². The summed E-state index contributed by atoms with van der Waals surface area (Å²) >= 11 is 1.43. The Hall–Kier alpha value is -2.32. The SMILES string of the molecule is O=C(C1CC(=O)N(c2nnc(Cc3ccccc3)s2)C1)N1CCCNCC1. The molecule has 4 rings (SSSR count). The van der Waals surface area contributed by atoms with E-state index in [2.05, 4.69) is 15.5 Å². The third kappa shape index (κ3) is 4.17. The largest absolute Gasteiger partial charge is 0.341 e. The van der Waals surface area contributed by atoms with Crippen LogP contribution in [-0.2, 0) is 16.0 Å². The number of rotatable bonds is 4. The Kier molecular flexibility index (Phi) is 5.45. The average Bonchev–Trinajstić information content (AvgIpc) is 3.19. The van der Waals surface area contributed by atoms with E-state index in [1.807, 2.05) is 35.2 Å². The molecule has 1 aromatic carbocycles. The highest BCUT2D eigenvalue weighted by atomic mass is 32.1.